The minimum Gasteiger partial charge on any atom is -0.391 e. The van der Waals surface area contributed by atoms with Gasteiger partial charge in [0.25, 0.3) is 0 Å². The molecule has 166 valence electrons. The summed E-state index contributed by atoms with van der Waals surface area (Å²) >= 11 is 0. The summed E-state index contributed by atoms with van der Waals surface area (Å²) in [6, 6.07) is 10.1. The third-order valence-electron chi connectivity index (χ3n) is 7.22. The molecule has 1 aromatic carbocycles. The highest BCUT2D eigenvalue weighted by Crippen LogP contribution is 2.38. The molecule has 1 aromatic rings. The molecule has 0 spiro atoms. The Labute approximate surface area is 181 Å². The third-order valence-corrected chi connectivity index (χ3v) is 7.22. The van der Waals surface area contributed by atoms with E-state index in [2.05, 4.69) is 22.8 Å². The predicted octanol–water partition coefficient (Wildman–Crippen LogP) is 3.84. The quantitative estimate of drug-likeness (QED) is 0.593. The van der Waals surface area contributed by atoms with Crippen LogP contribution in [0.3, 0.4) is 0 Å². The standard InChI is InChI=1S/C25H38N2O3/c1-19(28)27-22-14-16-25(17-15-23(22)29,21-10-6-3-7-11-21)18-26-24(30)13-12-20-8-4-2-5-9-20/h3,6-7,10-11,20,22-23,29H,2,4-5,8-9,12-18H2,1H3,(H,26,30)(H,27,28)/t22-,23-,25-/m0/s1. The lowest BCUT2D eigenvalue weighted by molar-refractivity contribution is -0.122. The molecule has 2 amide bonds. The van der Waals surface area contributed by atoms with Crippen molar-refractivity contribution in [3.05, 3.63) is 35.9 Å². The molecule has 2 saturated carbocycles. The molecule has 2 fully saturated rings. The molecular formula is C25H38N2O3. The number of aliphatic hydroxyl groups excluding tert-OH is 1. The molecule has 0 aromatic heterocycles. The Morgan fingerprint density at radius 2 is 1.73 bits per heavy atom. The van der Waals surface area contributed by atoms with E-state index in [1.54, 1.807) is 0 Å². The van der Waals surface area contributed by atoms with Crippen LogP contribution in [0.2, 0.25) is 0 Å². The Hall–Kier alpha value is -1.88. The third kappa shape index (κ3) is 6.31. The molecule has 0 unspecified atom stereocenters. The van der Waals surface area contributed by atoms with Crippen LogP contribution < -0.4 is 10.6 Å². The first-order valence-corrected chi connectivity index (χ1v) is 11.8. The summed E-state index contributed by atoms with van der Waals surface area (Å²) in [5.74, 6) is 0.736. The summed E-state index contributed by atoms with van der Waals surface area (Å²) in [6.45, 7) is 2.08. The second-order valence-corrected chi connectivity index (χ2v) is 9.42. The van der Waals surface area contributed by atoms with Gasteiger partial charge in [-0.15, -0.1) is 0 Å². The Morgan fingerprint density at radius 3 is 2.43 bits per heavy atom. The molecule has 2 aliphatic carbocycles. The molecule has 0 bridgehead atoms. The highest BCUT2D eigenvalue weighted by molar-refractivity contribution is 5.76. The molecule has 2 aliphatic rings. The van der Waals surface area contributed by atoms with E-state index >= 15 is 0 Å². The fourth-order valence-electron chi connectivity index (χ4n) is 5.33. The van der Waals surface area contributed by atoms with Crippen LogP contribution in [0.4, 0.5) is 0 Å². The van der Waals surface area contributed by atoms with Crippen LogP contribution in [0.15, 0.2) is 30.3 Å². The SMILES string of the molecule is CC(=O)N[C@H]1CC[C@](CNC(=O)CCC2CCCCC2)(c2ccccc2)CC[C@@H]1O. The number of hydrogen-bond donors (Lipinski definition) is 3. The van der Waals surface area contributed by atoms with Gasteiger partial charge in [0.2, 0.25) is 11.8 Å². The first kappa shape index (κ1) is 22.8. The van der Waals surface area contributed by atoms with Crippen LogP contribution >= 0.6 is 0 Å². The Kier molecular flexibility index (Phi) is 8.32. The molecule has 30 heavy (non-hydrogen) atoms. The van der Waals surface area contributed by atoms with Crippen molar-refractivity contribution in [3.63, 3.8) is 0 Å². The van der Waals surface area contributed by atoms with Gasteiger partial charge in [0, 0.05) is 25.3 Å². The van der Waals surface area contributed by atoms with E-state index in [9.17, 15) is 14.7 Å². The highest BCUT2D eigenvalue weighted by atomic mass is 16.3. The van der Waals surface area contributed by atoms with E-state index < -0.39 is 6.10 Å². The number of carbonyl (C=O) groups excluding carboxylic acids is 2. The molecule has 3 atom stereocenters. The summed E-state index contributed by atoms with van der Waals surface area (Å²) in [5, 5.41) is 16.7. The van der Waals surface area contributed by atoms with Crippen molar-refractivity contribution in [1.82, 2.24) is 10.6 Å². The van der Waals surface area contributed by atoms with Crippen LogP contribution in [0.1, 0.15) is 83.1 Å². The lowest BCUT2D eigenvalue weighted by Crippen LogP contribution is -2.42. The number of nitrogens with one attached hydrogen (secondary N) is 2. The van der Waals surface area contributed by atoms with Crippen molar-refractivity contribution < 1.29 is 14.7 Å². The number of aliphatic hydroxyl groups is 1. The van der Waals surface area contributed by atoms with Crippen molar-refractivity contribution in [1.29, 1.82) is 0 Å². The van der Waals surface area contributed by atoms with Gasteiger partial charge >= 0.3 is 0 Å². The van der Waals surface area contributed by atoms with Gasteiger partial charge in [-0.1, -0.05) is 62.4 Å². The zero-order valence-electron chi connectivity index (χ0n) is 18.4. The average Bonchev–Trinajstić information content (AvgIpc) is 2.92. The van der Waals surface area contributed by atoms with Crippen LogP contribution in [-0.4, -0.2) is 35.6 Å². The topological polar surface area (TPSA) is 78.4 Å². The molecule has 0 heterocycles. The summed E-state index contributed by atoms with van der Waals surface area (Å²) in [5.41, 5.74) is 0.990. The van der Waals surface area contributed by atoms with Crippen molar-refractivity contribution in [2.75, 3.05) is 6.54 Å². The minimum atomic E-state index is -0.554. The van der Waals surface area contributed by atoms with Crippen molar-refractivity contribution in [3.8, 4) is 0 Å². The Morgan fingerprint density at radius 1 is 1.03 bits per heavy atom. The van der Waals surface area contributed by atoms with E-state index in [4.69, 9.17) is 0 Å². The fraction of sp³-hybridized carbons (Fsp3) is 0.680. The van der Waals surface area contributed by atoms with E-state index in [1.165, 1.54) is 44.6 Å². The predicted molar refractivity (Wildman–Crippen MR) is 119 cm³/mol. The molecular weight excluding hydrogens is 376 g/mol. The van der Waals surface area contributed by atoms with Crippen LogP contribution in [-0.2, 0) is 15.0 Å². The maximum atomic E-state index is 12.6. The molecule has 0 radical (unpaired) electrons. The van der Waals surface area contributed by atoms with Gasteiger partial charge in [0.1, 0.15) is 0 Å². The van der Waals surface area contributed by atoms with Crippen LogP contribution in [0.25, 0.3) is 0 Å². The van der Waals surface area contributed by atoms with Crippen molar-refractivity contribution in [2.45, 2.75) is 95.1 Å². The Balaban J connectivity index is 1.64. The normalized spacial score (nSPS) is 27.8. The lowest BCUT2D eigenvalue weighted by Gasteiger charge is -2.34. The number of benzene rings is 1. The molecule has 5 nitrogen and oxygen atoms in total. The van der Waals surface area contributed by atoms with E-state index in [0.717, 1.165) is 19.3 Å². The molecule has 3 N–H and O–H groups in total. The van der Waals surface area contributed by atoms with Gasteiger partial charge in [0.15, 0.2) is 0 Å². The molecule has 3 rings (SSSR count). The van der Waals surface area contributed by atoms with Gasteiger partial charge in [-0.25, -0.2) is 0 Å². The zero-order valence-corrected chi connectivity index (χ0v) is 18.4. The fourth-order valence-corrected chi connectivity index (χ4v) is 5.33. The molecule has 0 aliphatic heterocycles. The van der Waals surface area contributed by atoms with E-state index in [-0.39, 0.29) is 23.3 Å². The van der Waals surface area contributed by atoms with Crippen molar-refractivity contribution in [2.24, 2.45) is 5.92 Å². The summed E-state index contributed by atoms with van der Waals surface area (Å²) in [6.07, 6.45) is 10.5. The van der Waals surface area contributed by atoms with Gasteiger partial charge in [-0.3, -0.25) is 9.59 Å². The van der Waals surface area contributed by atoms with Gasteiger partial charge < -0.3 is 15.7 Å². The minimum absolute atomic E-state index is 0.109. The van der Waals surface area contributed by atoms with Gasteiger partial charge in [0.05, 0.1) is 12.1 Å². The summed E-state index contributed by atoms with van der Waals surface area (Å²) in [4.78, 5) is 24.2. The van der Waals surface area contributed by atoms with Crippen LogP contribution in [0.5, 0.6) is 0 Å². The Bertz CT molecular complexity index is 687. The number of hydrogen-bond acceptors (Lipinski definition) is 3. The van der Waals surface area contributed by atoms with Crippen molar-refractivity contribution >= 4 is 11.8 Å². The summed E-state index contributed by atoms with van der Waals surface area (Å²) < 4.78 is 0. The molecule has 0 saturated heterocycles. The zero-order chi connectivity index (χ0) is 21.4. The first-order chi connectivity index (χ1) is 14.5. The number of carbonyl (C=O) groups is 2. The molecule has 5 heteroatoms. The van der Waals surface area contributed by atoms with E-state index in [0.29, 0.717) is 31.7 Å². The largest absolute Gasteiger partial charge is 0.391 e. The smallest absolute Gasteiger partial charge is 0.220 e. The number of amides is 2. The monoisotopic (exact) mass is 414 g/mol. The van der Waals surface area contributed by atoms with Gasteiger partial charge in [-0.2, -0.15) is 0 Å². The lowest BCUT2D eigenvalue weighted by atomic mass is 9.74. The maximum absolute atomic E-state index is 12.6. The highest BCUT2D eigenvalue weighted by Gasteiger charge is 2.38. The second-order valence-electron chi connectivity index (χ2n) is 9.42. The average molecular weight is 415 g/mol. The first-order valence-electron chi connectivity index (χ1n) is 11.8. The van der Waals surface area contributed by atoms with E-state index in [1.807, 2.05) is 18.2 Å². The number of rotatable bonds is 7. The van der Waals surface area contributed by atoms with Gasteiger partial charge in [-0.05, 0) is 43.6 Å². The van der Waals surface area contributed by atoms with Crippen LogP contribution in [0, 0.1) is 5.92 Å². The maximum Gasteiger partial charge on any atom is 0.220 e. The second kappa shape index (κ2) is 10.9. The summed E-state index contributed by atoms with van der Waals surface area (Å²) in [7, 11) is 0.